The maximum Gasteiger partial charge on any atom is 0.337 e. The summed E-state index contributed by atoms with van der Waals surface area (Å²) in [6, 6.07) is 17.2. The smallest absolute Gasteiger partial charge is 0.337 e. The zero-order chi connectivity index (χ0) is 23.5. The molecule has 4 aromatic rings. The van der Waals surface area contributed by atoms with Crippen LogP contribution in [0.15, 0.2) is 66.7 Å². The van der Waals surface area contributed by atoms with Crippen LogP contribution >= 0.6 is 0 Å². The molecule has 0 fully saturated rings. The largest absolute Gasteiger partial charge is 0.507 e. The van der Waals surface area contributed by atoms with E-state index in [1.807, 2.05) is 0 Å². The average Bonchev–Trinajstić information content (AvgIpc) is 2.83. The Bertz CT molecular complexity index is 1390. The highest BCUT2D eigenvalue weighted by atomic mass is 16.5. The highest BCUT2D eigenvalue weighted by molar-refractivity contribution is 5.94. The molecular formula is C24H18N4O5. The van der Waals surface area contributed by atoms with Gasteiger partial charge in [-0.15, -0.1) is 0 Å². The molecule has 9 nitrogen and oxygen atoms in total. The fraction of sp³-hybridized carbons (Fsp3) is 0.0417. The number of nitrogens with two attached hydrogens (primary N) is 1. The Hall–Kier alpha value is -4.79. The summed E-state index contributed by atoms with van der Waals surface area (Å²) in [4.78, 5) is 36.8. The van der Waals surface area contributed by atoms with Crippen LogP contribution in [0, 0.1) is 0 Å². The molecule has 9 heteroatoms. The molecule has 0 saturated carbocycles. The average molecular weight is 442 g/mol. The van der Waals surface area contributed by atoms with E-state index in [1.165, 1.54) is 31.4 Å². The molecule has 4 rings (SSSR count). The van der Waals surface area contributed by atoms with E-state index in [0.717, 1.165) is 0 Å². The number of carbonyl (C=O) groups excluding carboxylic acids is 2. The number of nitrogens with zero attached hydrogens (tertiary/aromatic N) is 3. The van der Waals surface area contributed by atoms with Crippen LogP contribution < -0.4 is 5.73 Å². The number of methoxy groups -OCH3 is 1. The van der Waals surface area contributed by atoms with Crippen LogP contribution in [0.1, 0.15) is 20.7 Å². The molecule has 1 heterocycles. The number of hydrogen-bond donors (Lipinski definition) is 3. The van der Waals surface area contributed by atoms with Crippen molar-refractivity contribution in [3.63, 3.8) is 0 Å². The Balaban J connectivity index is 1.93. The van der Waals surface area contributed by atoms with Gasteiger partial charge in [0.1, 0.15) is 11.5 Å². The lowest BCUT2D eigenvalue weighted by Crippen LogP contribution is -2.10. The van der Waals surface area contributed by atoms with E-state index in [1.54, 1.807) is 42.5 Å². The van der Waals surface area contributed by atoms with Crippen molar-refractivity contribution in [3.05, 3.63) is 77.9 Å². The number of ether oxygens (including phenoxy) is 1. The number of phenolic OH excluding ortho intramolecular Hbond substituents is 2. The van der Waals surface area contributed by atoms with E-state index in [2.05, 4.69) is 15.0 Å². The Labute approximate surface area is 188 Å². The minimum atomic E-state index is -0.692. The van der Waals surface area contributed by atoms with Crippen molar-refractivity contribution in [1.82, 2.24) is 15.0 Å². The van der Waals surface area contributed by atoms with Gasteiger partial charge >= 0.3 is 5.97 Å². The van der Waals surface area contributed by atoms with Crippen molar-refractivity contribution in [1.29, 1.82) is 0 Å². The summed E-state index contributed by atoms with van der Waals surface area (Å²) in [7, 11) is 1.28. The number of esters is 1. The van der Waals surface area contributed by atoms with Crippen LogP contribution in [0.3, 0.4) is 0 Å². The minimum absolute atomic E-state index is 0.0443. The summed E-state index contributed by atoms with van der Waals surface area (Å²) in [5.74, 6) is -1.07. The first kappa shape index (κ1) is 21.4. The number of carbonyl (C=O) groups is 2. The second kappa shape index (κ2) is 8.75. The van der Waals surface area contributed by atoms with Gasteiger partial charge in [0.25, 0.3) is 0 Å². The summed E-state index contributed by atoms with van der Waals surface area (Å²) in [6.07, 6.45) is 0. The Morgan fingerprint density at radius 2 is 1.42 bits per heavy atom. The Kier molecular flexibility index (Phi) is 5.69. The van der Waals surface area contributed by atoms with Crippen LogP contribution in [0.25, 0.3) is 34.2 Å². The number of phenols is 2. The minimum Gasteiger partial charge on any atom is -0.507 e. The first-order valence-corrected chi connectivity index (χ1v) is 9.73. The molecule has 0 saturated heterocycles. The van der Waals surface area contributed by atoms with Crippen LogP contribution in [-0.2, 0) is 4.74 Å². The molecule has 0 aliphatic rings. The maximum atomic E-state index is 12.0. The van der Waals surface area contributed by atoms with Gasteiger partial charge in [-0.25, -0.2) is 19.7 Å². The SMILES string of the molecule is COC(=O)c1cccc(-c2nc(-c3ccccc3O)nc(-c3ccc(C(N)=O)cc3O)n2)c1. The third kappa shape index (κ3) is 4.33. The lowest BCUT2D eigenvalue weighted by molar-refractivity contribution is 0.0600. The van der Waals surface area contributed by atoms with Crippen LogP contribution in [0.5, 0.6) is 11.5 Å². The zero-order valence-corrected chi connectivity index (χ0v) is 17.4. The second-order valence-electron chi connectivity index (χ2n) is 6.99. The van der Waals surface area contributed by atoms with Gasteiger partial charge in [-0.3, -0.25) is 4.79 Å². The zero-order valence-electron chi connectivity index (χ0n) is 17.4. The lowest BCUT2D eigenvalue weighted by Gasteiger charge is -2.11. The molecule has 0 aliphatic heterocycles. The molecule has 0 unspecified atom stereocenters. The molecule has 3 aromatic carbocycles. The summed E-state index contributed by atoms with van der Waals surface area (Å²) in [6.45, 7) is 0. The number of rotatable bonds is 5. The molecular weight excluding hydrogens is 424 g/mol. The van der Waals surface area contributed by atoms with Gasteiger partial charge in [0.05, 0.1) is 23.8 Å². The van der Waals surface area contributed by atoms with E-state index >= 15 is 0 Å². The molecule has 0 bridgehead atoms. The summed E-state index contributed by atoms with van der Waals surface area (Å²) < 4.78 is 4.78. The van der Waals surface area contributed by atoms with Crippen molar-refractivity contribution < 1.29 is 24.5 Å². The molecule has 0 radical (unpaired) electrons. The van der Waals surface area contributed by atoms with Gasteiger partial charge in [-0.05, 0) is 42.5 Å². The van der Waals surface area contributed by atoms with Gasteiger partial charge < -0.3 is 20.7 Å². The number of aromatic nitrogens is 3. The fourth-order valence-electron chi connectivity index (χ4n) is 3.19. The molecule has 0 atom stereocenters. The third-order valence-corrected chi connectivity index (χ3v) is 4.85. The lowest BCUT2D eigenvalue weighted by atomic mass is 10.1. The van der Waals surface area contributed by atoms with E-state index in [4.69, 9.17) is 10.5 Å². The highest BCUT2D eigenvalue weighted by Crippen LogP contribution is 2.33. The standard InChI is InChI=1S/C24H18N4O5/c1-33-24(32)15-6-4-5-14(11-15)21-26-22(16-7-2-3-8-18(16)29)28-23(27-21)17-10-9-13(20(25)31)12-19(17)30/h2-12,29-30H,1H3,(H2,25,31). The number of amides is 1. The van der Waals surface area contributed by atoms with E-state index in [9.17, 15) is 19.8 Å². The number of benzene rings is 3. The number of para-hydroxylation sites is 1. The van der Waals surface area contributed by atoms with E-state index in [0.29, 0.717) is 16.7 Å². The van der Waals surface area contributed by atoms with Gasteiger partial charge in [-0.1, -0.05) is 24.3 Å². The Morgan fingerprint density at radius 3 is 2.06 bits per heavy atom. The van der Waals surface area contributed by atoms with E-state index < -0.39 is 11.9 Å². The first-order valence-electron chi connectivity index (χ1n) is 9.73. The second-order valence-corrected chi connectivity index (χ2v) is 6.99. The molecule has 1 aromatic heterocycles. The van der Waals surface area contributed by atoms with E-state index in [-0.39, 0.29) is 40.1 Å². The fourth-order valence-corrected chi connectivity index (χ4v) is 3.19. The number of aromatic hydroxyl groups is 2. The highest BCUT2D eigenvalue weighted by Gasteiger charge is 2.18. The van der Waals surface area contributed by atoms with Crippen LogP contribution in [-0.4, -0.2) is 44.2 Å². The first-order chi connectivity index (χ1) is 15.9. The molecule has 164 valence electrons. The molecule has 1 amide bonds. The molecule has 0 aliphatic carbocycles. The monoisotopic (exact) mass is 442 g/mol. The van der Waals surface area contributed by atoms with Gasteiger partial charge in [0, 0.05) is 11.1 Å². The summed E-state index contributed by atoms with van der Waals surface area (Å²) >= 11 is 0. The molecule has 0 spiro atoms. The topological polar surface area (TPSA) is 149 Å². The Morgan fingerprint density at radius 1 is 0.758 bits per heavy atom. The molecule has 33 heavy (non-hydrogen) atoms. The van der Waals surface area contributed by atoms with Crippen molar-refractivity contribution in [2.24, 2.45) is 5.73 Å². The van der Waals surface area contributed by atoms with Crippen LogP contribution in [0.2, 0.25) is 0 Å². The van der Waals surface area contributed by atoms with Crippen molar-refractivity contribution in [3.8, 4) is 45.7 Å². The van der Waals surface area contributed by atoms with Crippen molar-refractivity contribution in [2.75, 3.05) is 7.11 Å². The van der Waals surface area contributed by atoms with Crippen molar-refractivity contribution >= 4 is 11.9 Å². The normalized spacial score (nSPS) is 10.6. The quantitative estimate of drug-likeness (QED) is 0.399. The predicted molar refractivity (Wildman–Crippen MR) is 119 cm³/mol. The number of primary amides is 1. The summed E-state index contributed by atoms with van der Waals surface area (Å²) in [5.41, 5.74) is 6.77. The maximum absolute atomic E-state index is 12.0. The predicted octanol–water partition coefficient (Wildman–Crippen LogP) is 3.17. The van der Waals surface area contributed by atoms with Gasteiger partial charge in [-0.2, -0.15) is 0 Å². The summed E-state index contributed by atoms with van der Waals surface area (Å²) in [5, 5.41) is 20.8. The van der Waals surface area contributed by atoms with Gasteiger partial charge in [0.2, 0.25) is 5.91 Å². The molecule has 4 N–H and O–H groups in total. The van der Waals surface area contributed by atoms with Crippen molar-refractivity contribution in [2.45, 2.75) is 0 Å². The van der Waals surface area contributed by atoms with Crippen LogP contribution in [0.4, 0.5) is 0 Å². The third-order valence-electron chi connectivity index (χ3n) is 4.85. The van der Waals surface area contributed by atoms with Gasteiger partial charge in [0.15, 0.2) is 17.5 Å². The number of hydrogen-bond acceptors (Lipinski definition) is 8.